The number of hydrogen-bond acceptors (Lipinski definition) is 5. The summed E-state index contributed by atoms with van der Waals surface area (Å²) in [7, 11) is 0. The largest absolute Gasteiger partial charge is 0.339 e. The van der Waals surface area contributed by atoms with Crippen molar-refractivity contribution in [2.45, 2.75) is 48.7 Å². The van der Waals surface area contributed by atoms with Gasteiger partial charge >= 0.3 is 0 Å². The van der Waals surface area contributed by atoms with Crippen LogP contribution in [0.15, 0.2) is 34.0 Å². The second-order valence-electron chi connectivity index (χ2n) is 7.51. The molecule has 2 fully saturated rings. The quantitative estimate of drug-likeness (QED) is 0.694. The maximum atomic E-state index is 12.8. The molecule has 4 nitrogen and oxygen atoms in total. The Kier molecular flexibility index (Phi) is 6.15. The van der Waals surface area contributed by atoms with Crippen LogP contribution in [-0.2, 0) is 5.75 Å². The molecule has 27 heavy (non-hydrogen) atoms. The number of hydrogen-bond donors (Lipinski definition) is 0. The smallest absolute Gasteiger partial charge is 0.253 e. The number of benzene rings is 1. The fourth-order valence-corrected chi connectivity index (χ4v) is 5.82. The van der Waals surface area contributed by atoms with E-state index in [4.69, 9.17) is 0 Å². The Morgan fingerprint density at radius 3 is 2.48 bits per heavy atom. The summed E-state index contributed by atoms with van der Waals surface area (Å²) in [5.41, 5.74) is 3.13. The molecule has 2 aliphatic heterocycles. The third-order valence-electron chi connectivity index (χ3n) is 5.57. The van der Waals surface area contributed by atoms with Crippen molar-refractivity contribution < 1.29 is 4.79 Å². The number of thioether (sulfide) groups is 1. The summed E-state index contributed by atoms with van der Waals surface area (Å²) in [6.07, 6.45) is 4.92. The van der Waals surface area contributed by atoms with Gasteiger partial charge in [-0.25, -0.2) is 4.98 Å². The average Bonchev–Trinajstić information content (AvgIpc) is 3.38. The van der Waals surface area contributed by atoms with Crippen LogP contribution in [-0.4, -0.2) is 52.9 Å². The number of carbonyl (C=O) groups is 1. The van der Waals surface area contributed by atoms with Gasteiger partial charge in [0.05, 0.1) is 0 Å². The van der Waals surface area contributed by atoms with Crippen LogP contribution in [0.1, 0.15) is 47.3 Å². The monoisotopic (exact) mass is 401 g/mol. The van der Waals surface area contributed by atoms with E-state index in [9.17, 15) is 4.79 Å². The first-order chi connectivity index (χ1) is 13.2. The summed E-state index contributed by atoms with van der Waals surface area (Å²) in [5.74, 6) is 1.08. The fraction of sp³-hybridized carbons (Fsp3) is 0.524. The van der Waals surface area contributed by atoms with E-state index in [-0.39, 0.29) is 5.91 Å². The van der Waals surface area contributed by atoms with Crippen molar-refractivity contribution in [2.75, 3.05) is 26.2 Å². The normalized spacial score (nSPS) is 18.9. The van der Waals surface area contributed by atoms with Crippen molar-refractivity contribution in [3.05, 3.63) is 46.5 Å². The SMILES string of the molecule is Cc1csc(SCc2ccc(C(=O)N3CCC(N4CCCC4)CC3)cc2)n1. The third kappa shape index (κ3) is 4.73. The predicted molar refractivity (Wildman–Crippen MR) is 113 cm³/mol. The molecule has 2 aromatic rings. The minimum Gasteiger partial charge on any atom is -0.339 e. The van der Waals surface area contributed by atoms with E-state index < -0.39 is 0 Å². The van der Waals surface area contributed by atoms with E-state index in [0.29, 0.717) is 6.04 Å². The second-order valence-corrected chi connectivity index (χ2v) is 9.59. The topological polar surface area (TPSA) is 36.4 Å². The molecule has 0 saturated carbocycles. The Balaban J connectivity index is 1.28. The van der Waals surface area contributed by atoms with Gasteiger partial charge in [-0.1, -0.05) is 23.9 Å². The Morgan fingerprint density at radius 1 is 1.15 bits per heavy atom. The van der Waals surface area contributed by atoms with Crippen LogP contribution in [0.25, 0.3) is 0 Å². The lowest BCUT2D eigenvalue weighted by molar-refractivity contribution is 0.0644. The number of nitrogens with zero attached hydrogens (tertiary/aromatic N) is 3. The lowest BCUT2D eigenvalue weighted by atomic mass is 10.0. The van der Waals surface area contributed by atoms with Gasteiger partial charge in [0.15, 0.2) is 0 Å². The predicted octanol–water partition coefficient (Wildman–Crippen LogP) is 4.44. The molecule has 0 atom stereocenters. The summed E-state index contributed by atoms with van der Waals surface area (Å²) in [6, 6.07) is 8.82. The van der Waals surface area contributed by atoms with Gasteiger partial charge in [-0.3, -0.25) is 4.79 Å². The number of rotatable bonds is 5. The zero-order valence-electron chi connectivity index (χ0n) is 15.9. The molecular formula is C21H27N3OS2. The number of carbonyl (C=O) groups excluding carboxylic acids is 1. The number of likely N-dealkylation sites (tertiary alicyclic amines) is 2. The summed E-state index contributed by atoms with van der Waals surface area (Å²) in [5, 5.41) is 2.08. The van der Waals surface area contributed by atoms with Crippen molar-refractivity contribution >= 4 is 29.0 Å². The Bertz CT molecular complexity index is 760. The first-order valence-electron chi connectivity index (χ1n) is 9.86. The summed E-state index contributed by atoms with van der Waals surface area (Å²) in [4.78, 5) is 22.0. The maximum Gasteiger partial charge on any atom is 0.253 e. The van der Waals surface area contributed by atoms with Crippen LogP contribution in [0, 0.1) is 6.92 Å². The van der Waals surface area contributed by atoms with Crippen molar-refractivity contribution in [2.24, 2.45) is 0 Å². The van der Waals surface area contributed by atoms with Crippen molar-refractivity contribution in [3.8, 4) is 0 Å². The minimum absolute atomic E-state index is 0.185. The first kappa shape index (κ1) is 19.0. The van der Waals surface area contributed by atoms with Crippen molar-refractivity contribution in [1.82, 2.24) is 14.8 Å². The highest BCUT2D eigenvalue weighted by Gasteiger charge is 2.28. The van der Waals surface area contributed by atoms with Crippen molar-refractivity contribution in [1.29, 1.82) is 0 Å². The molecule has 144 valence electrons. The van der Waals surface area contributed by atoms with Gasteiger partial charge in [-0.05, 0) is 63.4 Å². The highest BCUT2D eigenvalue weighted by molar-refractivity contribution is 8.00. The fourth-order valence-electron chi connectivity index (χ4n) is 4.01. The Labute approximate surface area is 170 Å². The van der Waals surface area contributed by atoms with Gasteiger partial charge in [0.2, 0.25) is 0 Å². The minimum atomic E-state index is 0.185. The van der Waals surface area contributed by atoms with Gasteiger partial charge in [0.25, 0.3) is 5.91 Å². The van der Waals surface area contributed by atoms with E-state index in [0.717, 1.165) is 47.3 Å². The van der Waals surface area contributed by atoms with Crippen LogP contribution >= 0.6 is 23.1 Å². The number of amides is 1. The van der Waals surface area contributed by atoms with Gasteiger partial charge in [0.1, 0.15) is 4.34 Å². The van der Waals surface area contributed by atoms with Crippen molar-refractivity contribution in [3.63, 3.8) is 0 Å². The van der Waals surface area contributed by atoms with E-state index >= 15 is 0 Å². The molecule has 2 aliphatic rings. The number of aromatic nitrogens is 1. The highest BCUT2D eigenvalue weighted by Crippen LogP contribution is 2.26. The van der Waals surface area contributed by atoms with Gasteiger partial charge in [-0.2, -0.15) is 0 Å². The van der Waals surface area contributed by atoms with Crippen LogP contribution < -0.4 is 0 Å². The van der Waals surface area contributed by atoms with Crippen LogP contribution in [0.2, 0.25) is 0 Å². The maximum absolute atomic E-state index is 12.8. The van der Waals surface area contributed by atoms with Crippen LogP contribution in [0.4, 0.5) is 0 Å². The number of thiazole rings is 1. The van der Waals surface area contributed by atoms with Gasteiger partial charge < -0.3 is 9.80 Å². The zero-order chi connectivity index (χ0) is 18.6. The second kappa shape index (κ2) is 8.76. The summed E-state index contributed by atoms with van der Waals surface area (Å²) >= 11 is 3.45. The van der Waals surface area contributed by atoms with Gasteiger partial charge in [0, 0.05) is 41.5 Å². The standard InChI is InChI=1S/C21H27N3OS2/c1-16-14-26-21(22-16)27-15-17-4-6-18(7-5-17)20(25)24-12-8-19(9-13-24)23-10-2-3-11-23/h4-7,14,19H,2-3,8-13,15H2,1H3. The van der Waals surface area contributed by atoms with Crippen LogP contribution in [0.3, 0.4) is 0 Å². The lowest BCUT2D eigenvalue weighted by Crippen LogP contribution is -2.45. The third-order valence-corrected chi connectivity index (χ3v) is 7.78. The van der Waals surface area contributed by atoms with Gasteiger partial charge in [-0.15, -0.1) is 11.3 Å². The Hall–Kier alpha value is -1.37. The highest BCUT2D eigenvalue weighted by atomic mass is 32.2. The molecule has 2 saturated heterocycles. The molecule has 1 amide bonds. The molecule has 0 spiro atoms. The molecule has 0 unspecified atom stereocenters. The molecule has 0 bridgehead atoms. The van der Waals surface area contributed by atoms with Crippen LogP contribution in [0.5, 0.6) is 0 Å². The van der Waals surface area contributed by atoms with E-state index in [1.54, 1.807) is 23.1 Å². The molecule has 4 rings (SSSR count). The summed E-state index contributed by atoms with van der Waals surface area (Å²) in [6.45, 7) is 6.30. The zero-order valence-corrected chi connectivity index (χ0v) is 17.5. The first-order valence-corrected chi connectivity index (χ1v) is 11.7. The number of piperidine rings is 1. The molecule has 3 heterocycles. The number of aryl methyl sites for hydroxylation is 1. The van der Waals surface area contributed by atoms with E-state index in [1.807, 2.05) is 24.0 Å². The van der Waals surface area contributed by atoms with E-state index in [1.165, 1.54) is 31.5 Å². The molecule has 1 aromatic carbocycles. The molecular weight excluding hydrogens is 374 g/mol. The molecule has 0 N–H and O–H groups in total. The Morgan fingerprint density at radius 2 is 1.85 bits per heavy atom. The molecule has 0 aliphatic carbocycles. The van der Waals surface area contributed by atoms with E-state index in [2.05, 4.69) is 27.4 Å². The summed E-state index contributed by atoms with van der Waals surface area (Å²) < 4.78 is 1.11. The lowest BCUT2D eigenvalue weighted by Gasteiger charge is -2.36. The molecule has 0 radical (unpaired) electrons. The molecule has 6 heteroatoms. The average molecular weight is 402 g/mol. The molecule has 1 aromatic heterocycles.